The lowest BCUT2D eigenvalue weighted by molar-refractivity contribution is 0.100. The number of benzene rings is 2. The maximum absolute atomic E-state index is 11.2. The molecule has 0 atom stereocenters. The van der Waals surface area contributed by atoms with Gasteiger partial charge in [0, 0.05) is 5.56 Å². The third kappa shape index (κ3) is 4.22. The van der Waals surface area contributed by atoms with Crippen molar-refractivity contribution < 1.29 is 4.79 Å². The largest absolute Gasteiger partial charge is 0.366 e. The summed E-state index contributed by atoms with van der Waals surface area (Å²) in [4.78, 5) is 11.2. The van der Waals surface area contributed by atoms with Crippen LogP contribution in [-0.2, 0) is 0 Å². The second-order valence-electron chi connectivity index (χ2n) is 3.28. The fraction of sp³-hybridized carbons (Fsp3) is 0. The SMILES string of the molecule is Cl.Cl.Cl.NC(=O)c1ccccc1-c1ccccc1. The Morgan fingerprint density at radius 3 is 1.83 bits per heavy atom. The van der Waals surface area contributed by atoms with Gasteiger partial charge in [0.05, 0.1) is 0 Å². The van der Waals surface area contributed by atoms with E-state index in [1.165, 1.54) is 0 Å². The van der Waals surface area contributed by atoms with Gasteiger partial charge in [-0.2, -0.15) is 0 Å². The predicted molar refractivity (Wildman–Crippen MR) is 82.1 cm³/mol. The molecule has 2 rings (SSSR count). The zero-order chi connectivity index (χ0) is 10.7. The lowest BCUT2D eigenvalue weighted by Crippen LogP contribution is -2.12. The van der Waals surface area contributed by atoms with Crippen molar-refractivity contribution in [1.82, 2.24) is 0 Å². The van der Waals surface area contributed by atoms with Gasteiger partial charge in [-0.3, -0.25) is 4.79 Å². The Morgan fingerprint density at radius 1 is 0.778 bits per heavy atom. The normalized spacial score (nSPS) is 8.22. The topological polar surface area (TPSA) is 43.1 Å². The minimum Gasteiger partial charge on any atom is -0.366 e. The smallest absolute Gasteiger partial charge is 0.249 e. The molecule has 0 bridgehead atoms. The van der Waals surface area contributed by atoms with E-state index in [1.54, 1.807) is 6.07 Å². The van der Waals surface area contributed by atoms with Crippen LogP contribution in [0.25, 0.3) is 11.1 Å². The molecule has 2 N–H and O–H groups in total. The van der Waals surface area contributed by atoms with Gasteiger partial charge in [-0.15, -0.1) is 37.2 Å². The summed E-state index contributed by atoms with van der Waals surface area (Å²) in [7, 11) is 0. The van der Waals surface area contributed by atoms with E-state index in [0.717, 1.165) is 11.1 Å². The molecular formula is C13H14Cl3NO. The van der Waals surface area contributed by atoms with Crippen LogP contribution in [0.2, 0.25) is 0 Å². The number of nitrogens with two attached hydrogens (primary N) is 1. The van der Waals surface area contributed by atoms with Crippen molar-refractivity contribution in [3.63, 3.8) is 0 Å². The molecular weight excluding hydrogens is 293 g/mol. The molecule has 0 spiro atoms. The van der Waals surface area contributed by atoms with Crippen LogP contribution in [0.15, 0.2) is 54.6 Å². The summed E-state index contributed by atoms with van der Waals surface area (Å²) in [6, 6.07) is 17.1. The van der Waals surface area contributed by atoms with Gasteiger partial charge < -0.3 is 5.73 Å². The Labute approximate surface area is 125 Å². The molecule has 0 radical (unpaired) electrons. The van der Waals surface area contributed by atoms with E-state index in [0.29, 0.717) is 5.56 Å². The fourth-order valence-electron chi connectivity index (χ4n) is 1.57. The average molecular weight is 307 g/mol. The Morgan fingerprint density at radius 2 is 1.28 bits per heavy atom. The molecule has 1 amide bonds. The van der Waals surface area contributed by atoms with Gasteiger partial charge in [0.2, 0.25) is 5.91 Å². The predicted octanol–water partition coefficient (Wildman–Crippen LogP) is 3.72. The Hall–Kier alpha value is -1.22. The molecule has 2 nitrogen and oxygen atoms in total. The second-order valence-corrected chi connectivity index (χ2v) is 3.28. The molecule has 2 aromatic carbocycles. The summed E-state index contributed by atoms with van der Waals surface area (Å²) in [6.07, 6.45) is 0. The van der Waals surface area contributed by atoms with Crippen molar-refractivity contribution in [3.8, 4) is 11.1 Å². The van der Waals surface area contributed by atoms with Crippen LogP contribution in [0, 0.1) is 0 Å². The number of amides is 1. The van der Waals surface area contributed by atoms with Crippen molar-refractivity contribution in [2.45, 2.75) is 0 Å². The van der Waals surface area contributed by atoms with E-state index in [2.05, 4.69) is 0 Å². The Balaban J connectivity index is 0. The van der Waals surface area contributed by atoms with E-state index < -0.39 is 5.91 Å². The molecule has 0 aliphatic heterocycles. The lowest BCUT2D eigenvalue weighted by Gasteiger charge is -2.05. The molecule has 5 heteroatoms. The Kier molecular flexibility index (Phi) is 9.36. The van der Waals surface area contributed by atoms with E-state index in [1.807, 2.05) is 48.5 Å². The Bertz CT molecular complexity index is 489. The quantitative estimate of drug-likeness (QED) is 0.903. The molecule has 18 heavy (non-hydrogen) atoms. The van der Waals surface area contributed by atoms with Crippen molar-refractivity contribution in [1.29, 1.82) is 0 Å². The van der Waals surface area contributed by atoms with E-state index >= 15 is 0 Å². The van der Waals surface area contributed by atoms with Gasteiger partial charge in [-0.25, -0.2) is 0 Å². The van der Waals surface area contributed by atoms with Gasteiger partial charge in [-0.05, 0) is 17.2 Å². The molecule has 0 unspecified atom stereocenters. The highest BCUT2D eigenvalue weighted by atomic mass is 35.5. The summed E-state index contributed by atoms with van der Waals surface area (Å²) >= 11 is 0. The van der Waals surface area contributed by atoms with Crippen LogP contribution >= 0.6 is 37.2 Å². The number of hydrogen-bond acceptors (Lipinski definition) is 1. The number of rotatable bonds is 2. The third-order valence-electron chi connectivity index (χ3n) is 2.28. The fourth-order valence-corrected chi connectivity index (χ4v) is 1.57. The van der Waals surface area contributed by atoms with Crippen LogP contribution in [-0.4, -0.2) is 5.91 Å². The average Bonchev–Trinajstić information content (AvgIpc) is 2.30. The summed E-state index contributed by atoms with van der Waals surface area (Å²) in [5, 5.41) is 0. The molecule has 0 aliphatic rings. The van der Waals surface area contributed by atoms with Crippen molar-refractivity contribution in [2.75, 3.05) is 0 Å². The first-order valence-electron chi connectivity index (χ1n) is 4.73. The van der Waals surface area contributed by atoms with Crippen molar-refractivity contribution >= 4 is 43.1 Å². The maximum atomic E-state index is 11.2. The highest BCUT2D eigenvalue weighted by Gasteiger charge is 2.07. The molecule has 98 valence electrons. The van der Waals surface area contributed by atoms with Gasteiger partial charge in [0.25, 0.3) is 0 Å². The van der Waals surface area contributed by atoms with Gasteiger partial charge in [-0.1, -0.05) is 48.5 Å². The molecule has 0 heterocycles. The first kappa shape index (κ1) is 19.1. The standard InChI is InChI=1S/C13H11NO.3ClH/c14-13(15)12-9-5-4-8-11(12)10-6-2-1-3-7-10;;;/h1-9H,(H2,14,15);3*1H. The summed E-state index contributed by atoms with van der Waals surface area (Å²) in [5.41, 5.74) is 7.76. The zero-order valence-corrected chi connectivity index (χ0v) is 11.9. The summed E-state index contributed by atoms with van der Waals surface area (Å²) in [6.45, 7) is 0. The van der Waals surface area contributed by atoms with Gasteiger partial charge in [0.1, 0.15) is 0 Å². The monoisotopic (exact) mass is 305 g/mol. The summed E-state index contributed by atoms with van der Waals surface area (Å²) in [5.74, 6) is -0.394. The van der Waals surface area contributed by atoms with Crippen LogP contribution in [0.4, 0.5) is 0 Å². The molecule has 0 aliphatic carbocycles. The van der Waals surface area contributed by atoms with E-state index in [9.17, 15) is 4.79 Å². The van der Waals surface area contributed by atoms with Gasteiger partial charge >= 0.3 is 0 Å². The van der Waals surface area contributed by atoms with Crippen LogP contribution < -0.4 is 5.73 Å². The van der Waals surface area contributed by atoms with Crippen LogP contribution in [0.1, 0.15) is 10.4 Å². The second kappa shape index (κ2) is 8.81. The highest BCUT2D eigenvalue weighted by Crippen LogP contribution is 2.22. The molecule has 0 fully saturated rings. The van der Waals surface area contributed by atoms with Gasteiger partial charge in [0.15, 0.2) is 0 Å². The molecule has 2 aromatic rings. The first-order valence-corrected chi connectivity index (χ1v) is 4.73. The summed E-state index contributed by atoms with van der Waals surface area (Å²) < 4.78 is 0. The number of carbonyl (C=O) groups is 1. The maximum Gasteiger partial charge on any atom is 0.249 e. The first-order chi connectivity index (χ1) is 7.29. The minimum absolute atomic E-state index is 0. The lowest BCUT2D eigenvalue weighted by atomic mass is 9.99. The van der Waals surface area contributed by atoms with E-state index in [4.69, 9.17) is 5.73 Å². The van der Waals surface area contributed by atoms with Crippen molar-refractivity contribution in [3.05, 3.63) is 60.2 Å². The number of carbonyl (C=O) groups excluding carboxylic acids is 1. The number of halogens is 3. The molecule has 0 saturated heterocycles. The number of primary amides is 1. The van der Waals surface area contributed by atoms with E-state index in [-0.39, 0.29) is 37.2 Å². The minimum atomic E-state index is -0.394. The molecule has 0 saturated carbocycles. The van der Waals surface area contributed by atoms with Crippen molar-refractivity contribution in [2.24, 2.45) is 5.73 Å². The zero-order valence-electron chi connectivity index (χ0n) is 9.41. The van der Waals surface area contributed by atoms with Crippen LogP contribution in [0.5, 0.6) is 0 Å². The number of hydrogen-bond donors (Lipinski definition) is 1. The van der Waals surface area contributed by atoms with Crippen LogP contribution in [0.3, 0.4) is 0 Å². The highest BCUT2D eigenvalue weighted by molar-refractivity contribution is 5.99. The third-order valence-corrected chi connectivity index (χ3v) is 2.28. The molecule has 0 aromatic heterocycles.